The number of aromatic nitrogens is 1. The van der Waals surface area contributed by atoms with Crippen LogP contribution in [0.25, 0.3) is 10.9 Å². The lowest BCUT2D eigenvalue weighted by Gasteiger charge is -2.12. The molecule has 0 spiro atoms. The average Bonchev–Trinajstić information content (AvgIpc) is 2.86. The molecule has 3 aromatic rings. The lowest BCUT2D eigenvalue weighted by Crippen LogP contribution is -2.14. The maximum absolute atomic E-state index is 12.5. The van der Waals surface area contributed by atoms with E-state index in [0.717, 1.165) is 22.9 Å². The van der Waals surface area contributed by atoms with Crippen molar-refractivity contribution < 1.29 is 14.3 Å². The summed E-state index contributed by atoms with van der Waals surface area (Å²) in [5.74, 6) is 1.07. The van der Waals surface area contributed by atoms with Crippen molar-refractivity contribution in [2.75, 3.05) is 18.5 Å². The molecule has 1 aromatic heterocycles. The number of fused-ring (bicyclic) bond motifs is 2. The van der Waals surface area contributed by atoms with Crippen molar-refractivity contribution in [3.63, 3.8) is 0 Å². The molecule has 0 aliphatic carbocycles. The first-order chi connectivity index (χ1) is 12.2. The number of rotatable bonds is 3. The number of nitrogens with one attached hydrogen (secondary N) is 2. The topological polar surface area (TPSA) is 63.4 Å². The van der Waals surface area contributed by atoms with E-state index in [4.69, 9.17) is 21.1 Å². The Morgan fingerprint density at radius 1 is 1.16 bits per heavy atom. The fourth-order valence-electron chi connectivity index (χ4n) is 2.92. The molecule has 0 bridgehead atoms. The van der Waals surface area contributed by atoms with E-state index in [9.17, 15) is 4.79 Å². The molecule has 0 fully saturated rings. The molecule has 1 aliphatic rings. The van der Waals surface area contributed by atoms with Crippen LogP contribution in [0.5, 0.6) is 11.5 Å². The number of benzene rings is 2. The number of amides is 1. The number of anilines is 1. The predicted molar refractivity (Wildman–Crippen MR) is 97.7 cm³/mol. The molecule has 2 N–H and O–H groups in total. The van der Waals surface area contributed by atoms with E-state index >= 15 is 0 Å². The highest BCUT2D eigenvalue weighted by atomic mass is 35.5. The van der Waals surface area contributed by atoms with Crippen LogP contribution in [0, 0.1) is 0 Å². The molecule has 2 heterocycles. The number of halogens is 1. The van der Waals surface area contributed by atoms with Crippen LogP contribution in [0.3, 0.4) is 0 Å². The van der Waals surface area contributed by atoms with Gasteiger partial charge in [0.25, 0.3) is 0 Å². The minimum atomic E-state index is -0.138. The Balaban J connectivity index is 1.53. The molecule has 0 radical (unpaired) electrons. The molecule has 0 atom stereocenters. The van der Waals surface area contributed by atoms with Crippen molar-refractivity contribution in [1.82, 2.24) is 4.98 Å². The fourth-order valence-corrected chi connectivity index (χ4v) is 3.13. The Labute approximate surface area is 149 Å². The molecule has 0 saturated heterocycles. The maximum atomic E-state index is 12.5. The minimum absolute atomic E-state index is 0.138. The molecular formula is C19H17ClN2O3. The van der Waals surface area contributed by atoms with Crippen LogP contribution in [0.4, 0.5) is 5.69 Å². The van der Waals surface area contributed by atoms with Crippen LogP contribution in [-0.4, -0.2) is 24.1 Å². The van der Waals surface area contributed by atoms with Gasteiger partial charge in [-0.2, -0.15) is 0 Å². The summed E-state index contributed by atoms with van der Waals surface area (Å²) in [6.45, 7) is 1.17. The molecule has 2 aromatic carbocycles. The summed E-state index contributed by atoms with van der Waals surface area (Å²) >= 11 is 6.28. The first kappa shape index (κ1) is 15.8. The number of hydrogen-bond acceptors (Lipinski definition) is 3. The van der Waals surface area contributed by atoms with Crippen molar-refractivity contribution in [2.24, 2.45) is 0 Å². The lowest BCUT2D eigenvalue weighted by molar-refractivity contribution is -0.115. The van der Waals surface area contributed by atoms with Crippen LogP contribution >= 0.6 is 11.6 Å². The molecule has 0 unspecified atom stereocenters. The number of carbonyl (C=O) groups is 1. The Bertz CT molecular complexity index is 936. The molecule has 6 heteroatoms. The smallest absolute Gasteiger partial charge is 0.228 e. The average molecular weight is 357 g/mol. The molecule has 0 saturated carbocycles. The largest absolute Gasteiger partial charge is 0.490 e. The highest BCUT2D eigenvalue weighted by molar-refractivity contribution is 6.34. The van der Waals surface area contributed by atoms with Gasteiger partial charge in [-0.05, 0) is 11.6 Å². The first-order valence-electron chi connectivity index (χ1n) is 8.15. The van der Waals surface area contributed by atoms with Crippen LogP contribution in [0.1, 0.15) is 12.0 Å². The second kappa shape index (κ2) is 6.69. The molecule has 25 heavy (non-hydrogen) atoms. The van der Waals surface area contributed by atoms with E-state index in [1.165, 1.54) is 0 Å². The van der Waals surface area contributed by atoms with E-state index in [1.807, 2.05) is 30.5 Å². The minimum Gasteiger partial charge on any atom is -0.490 e. The van der Waals surface area contributed by atoms with Crippen molar-refractivity contribution in [1.29, 1.82) is 0 Å². The summed E-state index contributed by atoms with van der Waals surface area (Å²) in [5.41, 5.74) is 2.48. The first-order valence-corrected chi connectivity index (χ1v) is 8.52. The van der Waals surface area contributed by atoms with E-state index in [1.54, 1.807) is 12.1 Å². The number of hydrogen-bond donors (Lipinski definition) is 2. The van der Waals surface area contributed by atoms with Crippen LogP contribution in [0.2, 0.25) is 5.02 Å². The number of H-pyrrole nitrogens is 1. The number of para-hydroxylation sites is 1. The summed E-state index contributed by atoms with van der Waals surface area (Å²) in [7, 11) is 0. The zero-order chi connectivity index (χ0) is 17.2. The highest BCUT2D eigenvalue weighted by Crippen LogP contribution is 2.37. The number of ether oxygens (including phenoxy) is 2. The Morgan fingerprint density at radius 2 is 1.92 bits per heavy atom. The normalized spacial score (nSPS) is 13.5. The van der Waals surface area contributed by atoms with Crippen LogP contribution in [0.15, 0.2) is 42.6 Å². The van der Waals surface area contributed by atoms with Gasteiger partial charge in [0.15, 0.2) is 11.5 Å². The Morgan fingerprint density at radius 3 is 2.76 bits per heavy atom. The van der Waals surface area contributed by atoms with Gasteiger partial charge in [-0.1, -0.05) is 29.8 Å². The zero-order valence-corrected chi connectivity index (χ0v) is 14.2. The zero-order valence-electron chi connectivity index (χ0n) is 13.5. The van der Waals surface area contributed by atoms with E-state index in [0.29, 0.717) is 35.4 Å². The van der Waals surface area contributed by atoms with Crippen LogP contribution in [-0.2, 0) is 11.2 Å². The van der Waals surface area contributed by atoms with Gasteiger partial charge in [0.1, 0.15) is 0 Å². The SMILES string of the molecule is O=C(Cc1c[nH]c2ccccc12)Nc1cc2c(cc1Cl)OCCCO2. The van der Waals surface area contributed by atoms with Gasteiger partial charge >= 0.3 is 0 Å². The van der Waals surface area contributed by atoms with Gasteiger partial charge in [-0.15, -0.1) is 0 Å². The summed E-state index contributed by atoms with van der Waals surface area (Å²) in [4.78, 5) is 15.6. The molecule has 128 valence electrons. The molecular weight excluding hydrogens is 340 g/mol. The predicted octanol–water partition coefficient (Wildman–Crippen LogP) is 4.16. The fraction of sp³-hybridized carbons (Fsp3) is 0.211. The van der Waals surface area contributed by atoms with Gasteiger partial charge in [0, 0.05) is 35.7 Å². The second-order valence-electron chi connectivity index (χ2n) is 5.91. The molecule has 1 amide bonds. The van der Waals surface area contributed by atoms with Gasteiger partial charge in [-0.3, -0.25) is 4.79 Å². The lowest BCUT2D eigenvalue weighted by atomic mass is 10.1. The maximum Gasteiger partial charge on any atom is 0.228 e. The van der Waals surface area contributed by atoms with Crippen LogP contribution < -0.4 is 14.8 Å². The van der Waals surface area contributed by atoms with Crippen molar-refractivity contribution in [3.05, 3.63) is 53.2 Å². The van der Waals surface area contributed by atoms with Gasteiger partial charge in [-0.25, -0.2) is 0 Å². The summed E-state index contributed by atoms with van der Waals surface area (Å²) in [5, 5.41) is 4.33. The third kappa shape index (κ3) is 3.28. The van der Waals surface area contributed by atoms with Crippen molar-refractivity contribution in [3.8, 4) is 11.5 Å². The monoisotopic (exact) mass is 356 g/mol. The molecule has 4 rings (SSSR count). The Hall–Kier alpha value is -2.66. The quantitative estimate of drug-likeness (QED) is 0.740. The number of aromatic amines is 1. The van der Waals surface area contributed by atoms with Gasteiger partial charge < -0.3 is 19.8 Å². The highest BCUT2D eigenvalue weighted by Gasteiger charge is 2.16. The summed E-state index contributed by atoms with van der Waals surface area (Å²) < 4.78 is 11.2. The van der Waals surface area contributed by atoms with E-state index < -0.39 is 0 Å². The van der Waals surface area contributed by atoms with E-state index in [-0.39, 0.29) is 12.3 Å². The summed E-state index contributed by atoms with van der Waals surface area (Å²) in [6, 6.07) is 11.3. The van der Waals surface area contributed by atoms with Gasteiger partial charge in [0.2, 0.25) is 5.91 Å². The van der Waals surface area contributed by atoms with Crippen molar-refractivity contribution in [2.45, 2.75) is 12.8 Å². The summed E-state index contributed by atoms with van der Waals surface area (Å²) in [6.07, 6.45) is 2.93. The van der Waals surface area contributed by atoms with Gasteiger partial charge in [0.05, 0.1) is 30.3 Å². The standard InChI is InChI=1S/C19H17ClN2O3/c20-14-9-17-18(25-7-3-6-24-17)10-16(14)22-19(23)8-12-11-21-15-5-2-1-4-13(12)15/h1-2,4-5,9-11,21H,3,6-8H2,(H,22,23). The second-order valence-corrected chi connectivity index (χ2v) is 6.32. The molecule has 1 aliphatic heterocycles. The molecule has 5 nitrogen and oxygen atoms in total. The third-order valence-corrected chi connectivity index (χ3v) is 4.45. The Kier molecular flexibility index (Phi) is 4.24. The van der Waals surface area contributed by atoms with E-state index in [2.05, 4.69) is 10.3 Å². The van der Waals surface area contributed by atoms with Crippen molar-refractivity contribution >= 4 is 34.1 Å². The third-order valence-electron chi connectivity index (χ3n) is 4.14. The number of carbonyl (C=O) groups excluding carboxylic acids is 1.